The molecule has 1 aliphatic rings. The molecule has 7 nitrogen and oxygen atoms in total. The number of hydrogen-bond donors (Lipinski definition) is 1. The Morgan fingerprint density at radius 1 is 1.08 bits per heavy atom. The van der Waals surface area contributed by atoms with Gasteiger partial charge in [0, 0.05) is 37.0 Å². The van der Waals surface area contributed by atoms with Gasteiger partial charge in [0.1, 0.15) is 5.69 Å². The Morgan fingerprint density at radius 3 is 2.75 bits per heavy atom. The monoisotopic (exact) mass is 321 g/mol. The second kappa shape index (κ2) is 6.35. The highest BCUT2D eigenvalue weighted by Crippen LogP contribution is 2.32. The minimum Gasteiger partial charge on any atom is -0.343 e. The molecule has 0 spiro atoms. The number of aryl methyl sites for hydroxylation is 1. The molecule has 1 fully saturated rings. The zero-order chi connectivity index (χ0) is 16.4. The molecular weight excluding hydrogens is 302 g/mol. The molecule has 7 heteroatoms. The van der Waals surface area contributed by atoms with Gasteiger partial charge in [-0.25, -0.2) is 24.9 Å². The number of anilines is 1. The first kappa shape index (κ1) is 14.7. The van der Waals surface area contributed by atoms with Crippen LogP contribution in [0.15, 0.2) is 36.9 Å². The van der Waals surface area contributed by atoms with Crippen LogP contribution in [0.5, 0.6) is 0 Å². The Kier molecular flexibility index (Phi) is 3.90. The number of aromatic amines is 1. The average molecular weight is 321 g/mol. The van der Waals surface area contributed by atoms with Gasteiger partial charge in [0.25, 0.3) is 0 Å². The van der Waals surface area contributed by atoms with Crippen LogP contribution in [-0.4, -0.2) is 36.4 Å². The van der Waals surface area contributed by atoms with Crippen molar-refractivity contribution in [3.63, 3.8) is 0 Å². The van der Waals surface area contributed by atoms with Crippen LogP contribution in [0, 0.1) is 6.92 Å². The van der Waals surface area contributed by atoms with Crippen LogP contribution in [0.1, 0.15) is 36.8 Å². The standard InChI is InChI=1S/C17H19N7/c1-12-11-13(15-18-8-9-19-15)23-16(22-12)14-5-2-3-10-24(14)17-20-6-4-7-21-17/h4,6-9,11,14H,2-3,5,10H2,1H3,(H,18,19)/t14-/m1/s1. The molecule has 1 N–H and O–H groups in total. The van der Waals surface area contributed by atoms with E-state index in [4.69, 9.17) is 9.97 Å². The second-order valence-corrected chi connectivity index (χ2v) is 5.94. The fourth-order valence-electron chi connectivity index (χ4n) is 3.15. The molecule has 0 saturated carbocycles. The topological polar surface area (TPSA) is 83.5 Å². The van der Waals surface area contributed by atoms with E-state index in [-0.39, 0.29) is 6.04 Å². The molecule has 4 rings (SSSR count). The van der Waals surface area contributed by atoms with Crippen LogP contribution in [0.2, 0.25) is 0 Å². The lowest BCUT2D eigenvalue weighted by atomic mass is 10.0. The van der Waals surface area contributed by atoms with E-state index < -0.39 is 0 Å². The fraction of sp³-hybridized carbons (Fsp3) is 0.353. The summed E-state index contributed by atoms with van der Waals surface area (Å²) >= 11 is 0. The predicted octanol–water partition coefficient (Wildman–Crippen LogP) is 2.70. The van der Waals surface area contributed by atoms with Crippen molar-refractivity contribution in [3.05, 3.63) is 48.4 Å². The van der Waals surface area contributed by atoms with Crippen molar-refractivity contribution in [2.45, 2.75) is 32.2 Å². The summed E-state index contributed by atoms with van der Waals surface area (Å²) < 4.78 is 0. The Morgan fingerprint density at radius 2 is 1.96 bits per heavy atom. The van der Waals surface area contributed by atoms with E-state index in [1.54, 1.807) is 24.8 Å². The largest absolute Gasteiger partial charge is 0.343 e. The summed E-state index contributed by atoms with van der Waals surface area (Å²) in [6.45, 7) is 2.91. The second-order valence-electron chi connectivity index (χ2n) is 5.94. The summed E-state index contributed by atoms with van der Waals surface area (Å²) in [5.41, 5.74) is 1.76. The molecule has 24 heavy (non-hydrogen) atoms. The quantitative estimate of drug-likeness (QED) is 0.798. The van der Waals surface area contributed by atoms with E-state index in [2.05, 4.69) is 24.8 Å². The third-order valence-electron chi connectivity index (χ3n) is 4.22. The molecule has 3 aromatic heterocycles. The molecule has 0 amide bonds. The van der Waals surface area contributed by atoms with E-state index in [9.17, 15) is 0 Å². The van der Waals surface area contributed by atoms with Crippen LogP contribution < -0.4 is 4.90 Å². The fourth-order valence-corrected chi connectivity index (χ4v) is 3.15. The molecule has 1 aliphatic heterocycles. The molecule has 0 radical (unpaired) electrons. The van der Waals surface area contributed by atoms with Gasteiger partial charge in [-0.2, -0.15) is 0 Å². The maximum atomic E-state index is 4.77. The number of nitrogens with zero attached hydrogens (tertiary/aromatic N) is 6. The van der Waals surface area contributed by atoms with Crippen LogP contribution >= 0.6 is 0 Å². The molecule has 1 atom stereocenters. The average Bonchev–Trinajstić information content (AvgIpc) is 3.17. The van der Waals surface area contributed by atoms with Crippen molar-refractivity contribution in [3.8, 4) is 11.5 Å². The summed E-state index contributed by atoms with van der Waals surface area (Å²) in [5, 5.41) is 0. The zero-order valence-corrected chi connectivity index (χ0v) is 13.6. The predicted molar refractivity (Wildman–Crippen MR) is 90.3 cm³/mol. The molecule has 122 valence electrons. The minimum atomic E-state index is 0.0924. The van der Waals surface area contributed by atoms with Gasteiger partial charge in [-0.1, -0.05) is 0 Å². The molecule has 0 aromatic carbocycles. The van der Waals surface area contributed by atoms with Crippen LogP contribution in [0.4, 0.5) is 5.95 Å². The van der Waals surface area contributed by atoms with E-state index in [1.165, 1.54) is 0 Å². The molecule has 1 saturated heterocycles. The first-order valence-corrected chi connectivity index (χ1v) is 8.20. The third-order valence-corrected chi connectivity index (χ3v) is 4.22. The first-order chi connectivity index (χ1) is 11.8. The Hall–Kier alpha value is -2.83. The molecule has 0 aliphatic carbocycles. The number of piperidine rings is 1. The number of H-pyrrole nitrogens is 1. The van der Waals surface area contributed by atoms with Gasteiger partial charge in [0.05, 0.1) is 6.04 Å². The highest BCUT2D eigenvalue weighted by molar-refractivity contribution is 5.49. The molecule has 4 heterocycles. The summed E-state index contributed by atoms with van der Waals surface area (Å²) in [5.74, 6) is 2.32. The maximum absolute atomic E-state index is 4.77. The number of hydrogen-bond acceptors (Lipinski definition) is 6. The van der Waals surface area contributed by atoms with Crippen molar-refractivity contribution in [1.82, 2.24) is 29.9 Å². The van der Waals surface area contributed by atoms with Gasteiger partial charge in [0.2, 0.25) is 5.95 Å². The highest BCUT2D eigenvalue weighted by Gasteiger charge is 2.28. The Bertz CT molecular complexity index is 801. The van der Waals surface area contributed by atoms with Crippen molar-refractivity contribution in [2.75, 3.05) is 11.4 Å². The van der Waals surface area contributed by atoms with Gasteiger partial charge in [-0.05, 0) is 38.3 Å². The Labute approximate surface area is 140 Å². The van der Waals surface area contributed by atoms with Crippen molar-refractivity contribution in [1.29, 1.82) is 0 Å². The van der Waals surface area contributed by atoms with E-state index >= 15 is 0 Å². The number of imidazole rings is 1. The van der Waals surface area contributed by atoms with E-state index in [0.717, 1.165) is 54.8 Å². The highest BCUT2D eigenvalue weighted by atomic mass is 15.3. The van der Waals surface area contributed by atoms with Crippen molar-refractivity contribution >= 4 is 5.95 Å². The number of aromatic nitrogens is 6. The summed E-state index contributed by atoms with van der Waals surface area (Å²) in [6.07, 6.45) is 10.4. The maximum Gasteiger partial charge on any atom is 0.225 e. The summed E-state index contributed by atoms with van der Waals surface area (Å²) in [6, 6.07) is 3.88. The van der Waals surface area contributed by atoms with Crippen LogP contribution in [0.25, 0.3) is 11.5 Å². The lowest BCUT2D eigenvalue weighted by molar-refractivity contribution is 0.448. The third kappa shape index (κ3) is 2.84. The zero-order valence-electron chi connectivity index (χ0n) is 13.6. The number of nitrogens with one attached hydrogen (secondary N) is 1. The first-order valence-electron chi connectivity index (χ1n) is 8.20. The molecule has 0 unspecified atom stereocenters. The van der Waals surface area contributed by atoms with Crippen molar-refractivity contribution in [2.24, 2.45) is 0 Å². The van der Waals surface area contributed by atoms with Crippen molar-refractivity contribution < 1.29 is 0 Å². The van der Waals surface area contributed by atoms with Gasteiger partial charge in [-0.3, -0.25) is 0 Å². The van der Waals surface area contributed by atoms with Gasteiger partial charge in [0.15, 0.2) is 11.6 Å². The van der Waals surface area contributed by atoms with E-state index in [0.29, 0.717) is 0 Å². The van der Waals surface area contributed by atoms with Gasteiger partial charge >= 0.3 is 0 Å². The smallest absolute Gasteiger partial charge is 0.225 e. The van der Waals surface area contributed by atoms with Gasteiger partial charge in [-0.15, -0.1) is 0 Å². The van der Waals surface area contributed by atoms with Crippen LogP contribution in [0.3, 0.4) is 0 Å². The molecule has 0 bridgehead atoms. The SMILES string of the molecule is Cc1cc(-c2ncc[nH]2)nc([C@H]2CCCCN2c2ncccn2)n1. The summed E-state index contributed by atoms with van der Waals surface area (Å²) in [4.78, 5) is 27.9. The van der Waals surface area contributed by atoms with Gasteiger partial charge < -0.3 is 9.88 Å². The van der Waals surface area contributed by atoms with Crippen LogP contribution in [-0.2, 0) is 0 Å². The molecule has 3 aromatic rings. The molecular formula is C17H19N7. The number of rotatable bonds is 3. The minimum absolute atomic E-state index is 0.0924. The Balaban J connectivity index is 1.73. The lowest BCUT2D eigenvalue weighted by Crippen LogP contribution is -2.35. The lowest BCUT2D eigenvalue weighted by Gasteiger charge is -2.34. The normalized spacial score (nSPS) is 17.9. The summed E-state index contributed by atoms with van der Waals surface area (Å²) in [7, 11) is 0. The van der Waals surface area contributed by atoms with E-state index in [1.807, 2.05) is 19.1 Å².